The van der Waals surface area contributed by atoms with Crippen molar-refractivity contribution in [2.75, 3.05) is 13.2 Å². The normalized spacial score (nSPS) is 12.5. The fraction of sp³-hybridized carbons (Fsp3) is 0.879. The molecule has 9 heteroatoms. The molecule has 4 N–H and O–H groups in total. The van der Waals surface area contributed by atoms with E-state index in [4.69, 9.17) is 14.9 Å². The third kappa shape index (κ3) is 25.5. The molecular weight excluding hydrogens is 536 g/mol. The Morgan fingerprint density at radius 2 is 1.07 bits per heavy atom. The molecule has 0 rings (SSSR count). The van der Waals surface area contributed by atoms with Gasteiger partial charge in [0.05, 0.1) is 13.2 Å². The highest BCUT2D eigenvalue weighted by molar-refractivity contribution is 5.87. The van der Waals surface area contributed by atoms with Gasteiger partial charge in [0.2, 0.25) is 11.8 Å². The fourth-order valence-electron chi connectivity index (χ4n) is 4.95. The number of esters is 1. The molecule has 0 spiro atoms. The van der Waals surface area contributed by atoms with Crippen molar-refractivity contribution in [3.8, 4) is 0 Å². The van der Waals surface area contributed by atoms with Gasteiger partial charge in [-0.15, -0.1) is 0 Å². The monoisotopic (exact) mass is 598 g/mol. The molecule has 0 fully saturated rings. The summed E-state index contributed by atoms with van der Waals surface area (Å²) in [5.74, 6) is -2.29. The molecule has 0 saturated carbocycles. The Balaban J connectivity index is 4.19. The minimum absolute atomic E-state index is 0.00109. The third-order valence-electron chi connectivity index (χ3n) is 7.60. The molecule has 0 aliphatic rings. The number of hydrogen-bond donors (Lipinski definition) is 4. The maximum atomic E-state index is 12.5. The van der Waals surface area contributed by atoms with Gasteiger partial charge in [-0.3, -0.25) is 14.4 Å². The molecule has 0 bridgehead atoms. The van der Waals surface area contributed by atoms with Gasteiger partial charge in [0.1, 0.15) is 12.1 Å². The molecule has 42 heavy (non-hydrogen) atoms. The topological polar surface area (TPSA) is 142 Å². The number of aliphatic carboxylic acids is 1. The van der Waals surface area contributed by atoms with Crippen LogP contribution < -0.4 is 10.6 Å². The van der Waals surface area contributed by atoms with Gasteiger partial charge in [-0.1, -0.05) is 110 Å². The number of unbranched alkanes of at least 4 members (excludes halogenated alkanes) is 16. The number of amides is 2. The van der Waals surface area contributed by atoms with Crippen molar-refractivity contribution in [3.63, 3.8) is 0 Å². The lowest BCUT2D eigenvalue weighted by Crippen LogP contribution is -2.47. The van der Waals surface area contributed by atoms with E-state index >= 15 is 0 Å². The fourth-order valence-corrected chi connectivity index (χ4v) is 4.95. The average Bonchev–Trinajstić information content (AvgIpc) is 2.96. The second-order valence-electron chi connectivity index (χ2n) is 11.6. The Hall–Kier alpha value is -2.16. The minimum Gasteiger partial charge on any atom is -0.480 e. The van der Waals surface area contributed by atoms with E-state index in [-0.39, 0.29) is 24.5 Å². The van der Waals surface area contributed by atoms with E-state index < -0.39 is 24.5 Å². The van der Waals surface area contributed by atoms with E-state index in [9.17, 15) is 19.2 Å². The number of hydrogen-bond acceptors (Lipinski definition) is 6. The van der Waals surface area contributed by atoms with Gasteiger partial charge < -0.3 is 25.6 Å². The minimum atomic E-state index is -1.38. The van der Waals surface area contributed by atoms with Crippen LogP contribution in [0.4, 0.5) is 0 Å². The predicted octanol–water partition coefficient (Wildman–Crippen LogP) is 6.59. The standard InChI is InChI=1S/C33H62N2O7/c1-3-5-7-9-11-14-18-22-28(42-32(39)25-21-17-12-10-8-6-4-2)23-19-15-13-16-20-24-30(37)34-26-31(38)35-29(27-36)33(40)41/h28-29,36H,3-27H2,1-2H3,(H,34,37)(H,35,38)(H,40,41). The number of aliphatic hydroxyl groups excluding tert-OH is 1. The first kappa shape index (κ1) is 39.8. The van der Waals surface area contributed by atoms with Gasteiger partial charge in [-0.25, -0.2) is 4.79 Å². The number of carbonyl (C=O) groups excluding carboxylic acids is 3. The van der Waals surface area contributed by atoms with Crippen molar-refractivity contribution >= 4 is 23.8 Å². The molecule has 2 unspecified atom stereocenters. The molecule has 0 radical (unpaired) electrons. The number of aliphatic hydroxyl groups is 1. The molecular formula is C33H62N2O7. The third-order valence-corrected chi connectivity index (χ3v) is 7.60. The van der Waals surface area contributed by atoms with Crippen LogP contribution in [0.1, 0.15) is 162 Å². The number of carbonyl (C=O) groups is 4. The van der Waals surface area contributed by atoms with Crippen molar-refractivity contribution in [1.82, 2.24) is 10.6 Å². The Labute approximate surface area is 255 Å². The summed E-state index contributed by atoms with van der Waals surface area (Å²) in [6.45, 7) is 3.42. The lowest BCUT2D eigenvalue weighted by molar-refractivity contribution is -0.150. The first-order valence-corrected chi connectivity index (χ1v) is 16.9. The van der Waals surface area contributed by atoms with E-state index in [1.165, 1.54) is 70.6 Å². The highest BCUT2D eigenvalue weighted by Crippen LogP contribution is 2.18. The van der Waals surface area contributed by atoms with Gasteiger partial charge >= 0.3 is 11.9 Å². The van der Waals surface area contributed by atoms with Gasteiger partial charge in [-0.2, -0.15) is 0 Å². The van der Waals surface area contributed by atoms with Gasteiger partial charge in [-0.05, 0) is 38.5 Å². The van der Waals surface area contributed by atoms with Crippen molar-refractivity contribution in [1.29, 1.82) is 0 Å². The molecule has 0 aromatic rings. The Kier molecular flexibility index (Phi) is 27.4. The quantitative estimate of drug-likeness (QED) is 0.0540. The average molecular weight is 599 g/mol. The molecule has 0 saturated heterocycles. The van der Waals surface area contributed by atoms with E-state index in [0.717, 1.165) is 57.8 Å². The highest BCUT2D eigenvalue weighted by atomic mass is 16.5. The van der Waals surface area contributed by atoms with Crippen LogP contribution in [0.15, 0.2) is 0 Å². The zero-order chi connectivity index (χ0) is 31.3. The van der Waals surface area contributed by atoms with Crippen LogP contribution in [0.2, 0.25) is 0 Å². The second-order valence-corrected chi connectivity index (χ2v) is 11.6. The first-order chi connectivity index (χ1) is 20.3. The van der Waals surface area contributed by atoms with E-state index in [2.05, 4.69) is 24.5 Å². The van der Waals surface area contributed by atoms with Crippen LogP contribution in [0, 0.1) is 0 Å². The molecule has 2 amide bonds. The lowest BCUT2D eigenvalue weighted by Gasteiger charge is -2.18. The SMILES string of the molecule is CCCCCCCCCC(=O)OC(CCCCCCCCC)CCCCCCCC(=O)NCC(=O)NC(CO)C(=O)O. The van der Waals surface area contributed by atoms with Gasteiger partial charge in [0, 0.05) is 12.8 Å². The Morgan fingerprint density at radius 3 is 1.55 bits per heavy atom. The largest absolute Gasteiger partial charge is 0.480 e. The maximum absolute atomic E-state index is 12.5. The predicted molar refractivity (Wildman–Crippen MR) is 167 cm³/mol. The number of rotatable bonds is 30. The van der Waals surface area contributed by atoms with E-state index in [1.807, 2.05) is 0 Å². The van der Waals surface area contributed by atoms with Gasteiger partial charge in [0.15, 0.2) is 0 Å². The Bertz CT molecular complexity index is 702. The van der Waals surface area contributed by atoms with Crippen LogP contribution >= 0.6 is 0 Å². The molecule has 0 aliphatic carbocycles. The van der Waals surface area contributed by atoms with Crippen LogP contribution in [-0.2, 0) is 23.9 Å². The molecule has 0 heterocycles. The summed E-state index contributed by atoms with van der Waals surface area (Å²) in [5.41, 5.74) is 0. The zero-order valence-electron chi connectivity index (χ0n) is 26.8. The van der Waals surface area contributed by atoms with Crippen molar-refractivity contribution in [2.24, 2.45) is 0 Å². The summed E-state index contributed by atoms with van der Waals surface area (Å²) >= 11 is 0. The van der Waals surface area contributed by atoms with Crippen LogP contribution in [0.5, 0.6) is 0 Å². The van der Waals surface area contributed by atoms with Gasteiger partial charge in [0.25, 0.3) is 0 Å². The molecule has 0 aromatic carbocycles. The summed E-state index contributed by atoms with van der Waals surface area (Å²) in [6.07, 6.45) is 24.3. The Morgan fingerprint density at radius 1 is 0.619 bits per heavy atom. The highest BCUT2D eigenvalue weighted by Gasteiger charge is 2.19. The summed E-state index contributed by atoms with van der Waals surface area (Å²) in [7, 11) is 0. The van der Waals surface area contributed by atoms with Crippen molar-refractivity contribution in [3.05, 3.63) is 0 Å². The molecule has 9 nitrogen and oxygen atoms in total. The second kappa shape index (κ2) is 28.9. The molecule has 0 aliphatic heterocycles. The summed E-state index contributed by atoms with van der Waals surface area (Å²) in [5, 5.41) is 22.4. The summed E-state index contributed by atoms with van der Waals surface area (Å²) in [6, 6.07) is -1.38. The van der Waals surface area contributed by atoms with E-state index in [0.29, 0.717) is 19.3 Å². The van der Waals surface area contributed by atoms with E-state index in [1.54, 1.807) is 0 Å². The number of carboxylic acid groups (broad SMARTS) is 1. The smallest absolute Gasteiger partial charge is 0.328 e. The molecule has 0 aromatic heterocycles. The lowest BCUT2D eigenvalue weighted by atomic mass is 10.0. The van der Waals surface area contributed by atoms with Crippen molar-refractivity contribution in [2.45, 2.75) is 174 Å². The molecule has 2 atom stereocenters. The van der Waals surface area contributed by atoms with Crippen molar-refractivity contribution < 1.29 is 34.1 Å². The number of carboxylic acids is 1. The van der Waals surface area contributed by atoms with Crippen LogP contribution in [-0.4, -0.2) is 59.3 Å². The first-order valence-electron chi connectivity index (χ1n) is 16.9. The van der Waals surface area contributed by atoms with Crippen LogP contribution in [0.25, 0.3) is 0 Å². The summed E-state index contributed by atoms with van der Waals surface area (Å²) < 4.78 is 5.92. The summed E-state index contributed by atoms with van der Waals surface area (Å²) in [4.78, 5) is 47.0. The zero-order valence-corrected chi connectivity index (χ0v) is 26.8. The number of ether oxygens (including phenoxy) is 1. The maximum Gasteiger partial charge on any atom is 0.328 e. The molecule has 246 valence electrons. The van der Waals surface area contributed by atoms with Crippen LogP contribution in [0.3, 0.4) is 0 Å². The number of nitrogens with one attached hydrogen (secondary N) is 2.